The second-order valence-corrected chi connectivity index (χ2v) is 14.5. The van der Waals surface area contributed by atoms with Crippen molar-refractivity contribution in [2.45, 2.75) is 84.1 Å². The Bertz CT molecular complexity index is 2000. The fourth-order valence-electron chi connectivity index (χ4n) is 7.06. The Balaban J connectivity index is 1.38. The van der Waals surface area contributed by atoms with Gasteiger partial charge in [-0.2, -0.15) is 0 Å². The van der Waals surface area contributed by atoms with E-state index in [0.29, 0.717) is 6.54 Å². The monoisotopic (exact) mass is 728 g/mol. The molecule has 6 atom stereocenters. The average Bonchev–Trinajstić information content (AvgIpc) is 3.13. The number of ether oxygens (including phenoxy) is 3. The molecule has 3 aliphatic rings. The van der Waals surface area contributed by atoms with Gasteiger partial charge in [0.1, 0.15) is 29.1 Å². The maximum absolute atomic E-state index is 14.1. The van der Waals surface area contributed by atoms with Crippen molar-refractivity contribution in [2.75, 3.05) is 6.61 Å². The molecule has 53 heavy (non-hydrogen) atoms. The Morgan fingerprint density at radius 2 is 1.72 bits per heavy atom. The molecule has 6 rings (SSSR count). The molecule has 0 saturated carbocycles. The number of aliphatic hydroxyl groups excluding tert-OH is 1. The second kappa shape index (κ2) is 15.0. The lowest BCUT2D eigenvalue weighted by atomic mass is 9.73. The number of carbonyl (C=O) groups excluding carboxylic acids is 4. The van der Waals surface area contributed by atoms with E-state index in [1.807, 2.05) is 30.3 Å². The molecular weight excluding hydrogens is 688 g/mol. The number of ketones is 3. The Hall–Kier alpha value is -5.31. The molecule has 1 fully saturated rings. The van der Waals surface area contributed by atoms with E-state index in [1.165, 1.54) is 18.2 Å². The minimum Gasteiger partial charge on any atom is -0.507 e. The molecule has 4 N–H and O–H groups in total. The van der Waals surface area contributed by atoms with Gasteiger partial charge < -0.3 is 39.7 Å². The molecule has 1 aliphatic heterocycles. The van der Waals surface area contributed by atoms with E-state index in [9.17, 15) is 34.5 Å². The van der Waals surface area contributed by atoms with E-state index in [1.54, 1.807) is 27.7 Å². The highest BCUT2D eigenvalue weighted by molar-refractivity contribution is 6.31. The van der Waals surface area contributed by atoms with Crippen LogP contribution in [0.1, 0.15) is 95.2 Å². The van der Waals surface area contributed by atoms with Crippen LogP contribution in [0.25, 0.3) is 10.4 Å². The van der Waals surface area contributed by atoms with Gasteiger partial charge in [0.2, 0.25) is 5.78 Å². The van der Waals surface area contributed by atoms with Crippen molar-refractivity contribution >= 4 is 23.3 Å². The molecule has 1 heterocycles. The van der Waals surface area contributed by atoms with Gasteiger partial charge in [-0.1, -0.05) is 42.5 Å². The van der Waals surface area contributed by atoms with Crippen LogP contribution in [0.2, 0.25) is 0 Å². The summed E-state index contributed by atoms with van der Waals surface area (Å²) >= 11 is 0. The lowest BCUT2D eigenvalue weighted by molar-refractivity contribution is -0.246. The lowest BCUT2D eigenvalue weighted by Crippen LogP contribution is -2.54. The number of hydrogen-bond acceptors (Lipinski definition) is 13. The molecule has 2 aliphatic carbocycles. The molecule has 278 valence electrons. The van der Waals surface area contributed by atoms with Gasteiger partial charge in [-0.15, -0.1) is 0 Å². The van der Waals surface area contributed by atoms with Crippen LogP contribution in [0, 0.1) is 11.3 Å². The van der Waals surface area contributed by atoms with Crippen LogP contribution in [0.3, 0.4) is 0 Å². The van der Waals surface area contributed by atoms with E-state index in [0.717, 1.165) is 5.56 Å². The molecule has 1 saturated heterocycles. The number of phenolic OH excluding ortho intramolecular Hbond substituents is 2. The van der Waals surface area contributed by atoms with Crippen molar-refractivity contribution < 1.29 is 53.5 Å². The van der Waals surface area contributed by atoms with Gasteiger partial charge in [0.15, 0.2) is 17.9 Å². The number of aliphatic hydroxyl groups is 1. The van der Waals surface area contributed by atoms with Crippen molar-refractivity contribution in [1.82, 2.24) is 5.32 Å². The number of nitrogens with one attached hydrogen (secondary N) is 1. The van der Waals surface area contributed by atoms with Gasteiger partial charge in [0.05, 0.1) is 40.4 Å². The summed E-state index contributed by atoms with van der Waals surface area (Å²) in [4.78, 5) is 61.6. The third-order valence-electron chi connectivity index (χ3n) is 9.84. The first kappa shape index (κ1) is 37.4. The fraction of sp³-hybridized carbons (Fsp3) is 0.421. The number of fused-ring (bicyclic) bond motifs is 3. The number of nitrogens with zero attached hydrogens (tertiary/aromatic N) is 3. The van der Waals surface area contributed by atoms with Crippen molar-refractivity contribution in [2.24, 2.45) is 16.6 Å². The number of carbonyl (C=O) groups is 4. The van der Waals surface area contributed by atoms with Gasteiger partial charge in [0.25, 0.3) is 0 Å². The van der Waals surface area contributed by atoms with Crippen molar-refractivity contribution in [3.63, 3.8) is 0 Å². The van der Waals surface area contributed by atoms with Crippen LogP contribution < -0.4 is 10.2 Å². The maximum Gasteiger partial charge on any atom is 0.311 e. The molecule has 0 aromatic heterocycles. The van der Waals surface area contributed by atoms with Crippen LogP contribution in [0.4, 0.5) is 0 Å². The van der Waals surface area contributed by atoms with Crippen LogP contribution in [0.5, 0.6) is 17.2 Å². The Kier molecular flexibility index (Phi) is 10.6. The van der Waals surface area contributed by atoms with Gasteiger partial charge in [-0.3, -0.25) is 19.2 Å². The molecule has 0 radical (unpaired) electrons. The van der Waals surface area contributed by atoms with Crippen LogP contribution >= 0.6 is 0 Å². The molecule has 2 unspecified atom stereocenters. The highest BCUT2D eigenvalue weighted by Gasteiger charge is 2.46. The van der Waals surface area contributed by atoms with Gasteiger partial charge in [-0.25, -0.2) is 0 Å². The standard InChI is InChI=1S/C38H40N4O11/c1-18-32(44)23(40-16-19-9-6-5-7-10-19)15-27(51-18)52-26-14-20(24(43)17-50-37(49)38(2,3)4)13-22-29(26)36(48)31-30(34(22)46)33(45)21-11-8-12-25(53-42-41-39)28(21)35(31)47/h5-12,18,20,23,26-27,32,40,44,46,48H,13-17H2,1-4H3/t18-,20?,23+,26-,27?,32+/m0/s1. The minimum absolute atomic E-state index is 0.00623. The SMILES string of the molecule is C[C@@H]1OC(O[C@H]2CC(C(=O)COC(=O)C(C)(C)C)Cc3c(O)c4c(c(O)c32)C(=O)c2c(ON=[N+]=[N-])cccc2C4=O)C[C@@H](NCc2ccccc2)[C@@H]1O. The molecule has 3 aromatic rings. The summed E-state index contributed by atoms with van der Waals surface area (Å²) in [6.45, 7) is 6.51. The molecular formula is C38H40N4O11. The topological polar surface area (TPSA) is 227 Å². The number of Topliss-reactive ketones (excluding diaryl/α,β-unsaturated/α-hetero) is 1. The van der Waals surface area contributed by atoms with Crippen molar-refractivity contribution in [3.8, 4) is 17.2 Å². The summed E-state index contributed by atoms with van der Waals surface area (Å²) < 4.78 is 17.8. The second-order valence-electron chi connectivity index (χ2n) is 14.5. The van der Waals surface area contributed by atoms with Crippen LogP contribution in [-0.4, -0.2) is 69.8 Å². The van der Waals surface area contributed by atoms with E-state index >= 15 is 0 Å². The van der Waals surface area contributed by atoms with Crippen molar-refractivity contribution in [1.29, 1.82) is 0 Å². The van der Waals surface area contributed by atoms with Crippen LogP contribution in [0.15, 0.2) is 53.8 Å². The van der Waals surface area contributed by atoms with E-state index in [2.05, 4.69) is 15.5 Å². The Morgan fingerprint density at radius 1 is 1.00 bits per heavy atom. The summed E-state index contributed by atoms with van der Waals surface area (Å²) in [5, 5.41) is 41.0. The summed E-state index contributed by atoms with van der Waals surface area (Å²) in [5.74, 6) is -5.17. The molecule has 0 bridgehead atoms. The number of hydrogen-bond donors (Lipinski definition) is 4. The largest absolute Gasteiger partial charge is 0.507 e. The first-order valence-corrected chi connectivity index (χ1v) is 17.2. The first-order chi connectivity index (χ1) is 25.2. The molecule has 0 amide bonds. The highest BCUT2D eigenvalue weighted by Crippen LogP contribution is 2.52. The molecule has 15 nitrogen and oxygen atoms in total. The molecule has 0 spiro atoms. The molecule has 15 heteroatoms. The van der Waals surface area contributed by atoms with E-state index < -0.39 is 94.5 Å². The van der Waals surface area contributed by atoms with Crippen molar-refractivity contribution in [3.05, 3.63) is 97.9 Å². The van der Waals surface area contributed by atoms with Gasteiger partial charge >= 0.3 is 5.97 Å². The van der Waals surface area contributed by atoms with E-state index in [4.69, 9.17) is 24.6 Å². The third kappa shape index (κ3) is 7.34. The Morgan fingerprint density at radius 3 is 2.42 bits per heavy atom. The maximum atomic E-state index is 14.1. The zero-order valence-corrected chi connectivity index (χ0v) is 29.6. The van der Waals surface area contributed by atoms with Gasteiger partial charge in [-0.05, 0) is 57.7 Å². The number of phenols is 2. The van der Waals surface area contributed by atoms with Gasteiger partial charge in [0, 0.05) is 46.5 Å². The zero-order valence-electron chi connectivity index (χ0n) is 29.6. The van der Waals surface area contributed by atoms with Crippen LogP contribution in [-0.2, 0) is 36.8 Å². The van der Waals surface area contributed by atoms with E-state index in [-0.39, 0.29) is 47.3 Å². The lowest BCUT2D eigenvalue weighted by Gasteiger charge is -2.41. The normalized spacial score (nSPS) is 23.6. The fourth-order valence-corrected chi connectivity index (χ4v) is 7.06. The minimum atomic E-state index is -1.18. The third-order valence-corrected chi connectivity index (χ3v) is 9.84. The predicted molar refractivity (Wildman–Crippen MR) is 186 cm³/mol. The number of rotatable bonds is 10. The summed E-state index contributed by atoms with van der Waals surface area (Å²) in [5.41, 5.74) is 7.48. The number of benzene rings is 3. The summed E-state index contributed by atoms with van der Waals surface area (Å²) in [7, 11) is 0. The highest BCUT2D eigenvalue weighted by atomic mass is 16.7. The predicted octanol–water partition coefficient (Wildman–Crippen LogP) is 4.91. The first-order valence-electron chi connectivity index (χ1n) is 17.2. The average molecular weight is 729 g/mol. The Labute approximate surface area is 304 Å². The number of esters is 1. The quantitative estimate of drug-likeness (QED) is 0.0427. The smallest absolute Gasteiger partial charge is 0.311 e. The number of azide groups is 1. The molecule has 3 aromatic carbocycles. The number of aromatic hydroxyl groups is 2. The zero-order chi connectivity index (χ0) is 38.2. The summed E-state index contributed by atoms with van der Waals surface area (Å²) in [6, 6.07) is 13.1. The summed E-state index contributed by atoms with van der Waals surface area (Å²) in [6.07, 6.45) is -3.88.